The fourth-order valence-corrected chi connectivity index (χ4v) is 2.64. The van der Waals surface area contributed by atoms with Crippen LogP contribution in [0.1, 0.15) is 5.69 Å². The molecule has 0 spiro atoms. The lowest BCUT2D eigenvalue weighted by atomic mass is 10.3. The second kappa shape index (κ2) is 5.58. The third-order valence-electron chi connectivity index (χ3n) is 2.79. The molecular weight excluding hydrogens is 303 g/mol. The Morgan fingerprint density at radius 2 is 2.14 bits per heavy atom. The van der Waals surface area contributed by atoms with Crippen molar-refractivity contribution in [2.75, 3.05) is 0 Å². The van der Waals surface area contributed by atoms with E-state index in [0.29, 0.717) is 11.8 Å². The van der Waals surface area contributed by atoms with Gasteiger partial charge in [0.15, 0.2) is 0 Å². The first-order chi connectivity index (χ1) is 9.81. The zero-order valence-corrected chi connectivity index (χ0v) is 11.7. The van der Waals surface area contributed by atoms with Crippen molar-refractivity contribution in [1.82, 2.24) is 14.5 Å². The first-order valence-electron chi connectivity index (χ1n) is 5.72. The SMILES string of the molecule is Cn1nccc1CNS(=O)(=O)c1ccc([N+](=O)[O-])c(F)c1. The molecule has 1 aromatic carbocycles. The number of benzene rings is 1. The third kappa shape index (κ3) is 3.23. The summed E-state index contributed by atoms with van der Waals surface area (Å²) in [6.07, 6.45) is 1.51. The van der Waals surface area contributed by atoms with Gasteiger partial charge >= 0.3 is 5.69 Å². The van der Waals surface area contributed by atoms with Gasteiger partial charge in [-0.25, -0.2) is 13.1 Å². The second-order valence-corrected chi connectivity index (χ2v) is 5.91. The van der Waals surface area contributed by atoms with E-state index >= 15 is 0 Å². The number of nitrogens with zero attached hydrogens (tertiary/aromatic N) is 3. The molecule has 10 heteroatoms. The van der Waals surface area contributed by atoms with Crippen LogP contribution in [0, 0.1) is 15.9 Å². The Morgan fingerprint density at radius 1 is 1.43 bits per heavy atom. The smallest absolute Gasteiger partial charge is 0.271 e. The summed E-state index contributed by atoms with van der Waals surface area (Å²) in [5.74, 6) is -1.21. The number of aromatic nitrogens is 2. The van der Waals surface area contributed by atoms with Crippen molar-refractivity contribution >= 4 is 15.7 Å². The fourth-order valence-electron chi connectivity index (χ4n) is 1.63. The van der Waals surface area contributed by atoms with Gasteiger partial charge in [-0.3, -0.25) is 14.8 Å². The highest BCUT2D eigenvalue weighted by atomic mass is 32.2. The van der Waals surface area contributed by atoms with Gasteiger partial charge in [0.05, 0.1) is 22.1 Å². The van der Waals surface area contributed by atoms with Crippen LogP contribution in [0.3, 0.4) is 0 Å². The average Bonchev–Trinajstić information content (AvgIpc) is 2.81. The summed E-state index contributed by atoms with van der Waals surface area (Å²) in [6.45, 7) is -0.0303. The van der Waals surface area contributed by atoms with Gasteiger partial charge in [0.25, 0.3) is 0 Å². The fraction of sp³-hybridized carbons (Fsp3) is 0.182. The highest BCUT2D eigenvalue weighted by molar-refractivity contribution is 7.89. The molecule has 1 aromatic heterocycles. The molecule has 8 nitrogen and oxygen atoms in total. The molecule has 0 aliphatic rings. The molecule has 1 N–H and O–H groups in total. The van der Waals surface area contributed by atoms with Gasteiger partial charge in [-0.05, 0) is 12.1 Å². The number of halogens is 1. The first-order valence-corrected chi connectivity index (χ1v) is 7.20. The molecule has 2 rings (SSSR count). The number of hydrogen-bond donors (Lipinski definition) is 1. The number of nitro groups is 1. The van der Waals surface area contributed by atoms with Crippen molar-refractivity contribution in [3.8, 4) is 0 Å². The predicted octanol–water partition coefficient (Wildman–Crippen LogP) is 0.946. The molecule has 0 atom stereocenters. The van der Waals surface area contributed by atoms with Crippen LogP contribution in [0.5, 0.6) is 0 Å². The molecule has 0 aliphatic heterocycles. The van der Waals surface area contributed by atoms with Crippen LogP contribution >= 0.6 is 0 Å². The van der Waals surface area contributed by atoms with Gasteiger partial charge in [0, 0.05) is 25.4 Å². The highest BCUT2D eigenvalue weighted by Gasteiger charge is 2.20. The number of aryl methyl sites for hydroxylation is 1. The normalized spacial score (nSPS) is 11.5. The Balaban J connectivity index is 2.22. The van der Waals surface area contributed by atoms with E-state index in [1.165, 1.54) is 10.9 Å². The molecule has 0 amide bonds. The third-order valence-corrected chi connectivity index (χ3v) is 4.19. The number of sulfonamides is 1. The molecule has 0 fully saturated rings. The summed E-state index contributed by atoms with van der Waals surface area (Å²) in [4.78, 5) is 9.19. The number of rotatable bonds is 5. The molecule has 0 saturated heterocycles. The maximum absolute atomic E-state index is 13.5. The van der Waals surface area contributed by atoms with Crippen LogP contribution < -0.4 is 4.72 Å². The summed E-state index contributed by atoms with van der Waals surface area (Å²) in [5, 5.41) is 14.4. The van der Waals surface area contributed by atoms with Crippen molar-refractivity contribution in [1.29, 1.82) is 0 Å². The van der Waals surface area contributed by atoms with Gasteiger partial charge in [0.2, 0.25) is 15.8 Å². The molecule has 0 bridgehead atoms. The maximum Gasteiger partial charge on any atom is 0.304 e. The van der Waals surface area contributed by atoms with Gasteiger partial charge in [-0.15, -0.1) is 0 Å². The zero-order chi connectivity index (χ0) is 15.6. The second-order valence-electron chi connectivity index (χ2n) is 4.14. The van der Waals surface area contributed by atoms with Gasteiger partial charge < -0.3 is 0 Å². The maximum atomic E-state index is 13.5. The van der Waals surface area contributed by atoms with Crippen LogP contribution in [0.4, 0.5) is 10.1 Å². The Bertz CT molecular complexity index is 787. The predicted molar refractivity (Wildman–Crippen MR) is 70.3 cm³/mol. The molecule has 0 radical (unpaired) electrons. The van der Waals surface area contributed by atoms with Crippen molar-refractivity contribution in [2.24, 2.45) is 7.05 Å². The lowest BCUT2D eigenvalue weighted by molar-refractivity contribution is -0.387. The minimum absolute atomic E-state index is 0.0303. The summed E-state index contributed by atoms with van der Waals surface area (Å²) in [7, 11) is -2.32. The van der Waals surface area contributed by atoms with Crippen molar-refractivity contribution < 1.29 is 17.7 Å². The topological polar surface area (TPSA) is 107 Å². The largest absolute Gasteiger partial charge is 0.304 e. The van der Waals surface area contributed by atoms with E-state index < -0.39 is 26.5 Å². The summed E-state index contributed by atoms with van der Waals surface area (Å²) in [5.41, 5.74) is -0.165. The van der Waals surface area contributed by atoms with Crippen LogP contribution in [-0.2, 0) is 23.6 Å². The van der Waals surface area contributed by atoms with Crippen molar-refractivity contribution in [2.45, 2.75) is 11.4 Å². The molecular formula is C11H11FN4O4S. The van der Waals surface area contributed by atoms with E-state index in [1.54, 1.807) is 13.1 Å². The molecule has 0 aliphatic carbocycles. The Hall–Kier alpha value is -2.33. The highest BCUT2D eigenvalue weighted by Crippen LogP contribution is 2.20. The summed E-state index contributed by atoms with van der Waals surface area (Å²) < 4.78 is 41.2. The average molecular weight is 314 g/mol. The standard InChI is InChI=1S/C11H11FN4O4S/c1-15-8(4-5-13-15)7-14-21(19,20)9-2-3-11(16(17)18)10(12)6-9/h2-6,14H,7H2,1H3. The summed E-state index contributed by atoms with van der Waals surface area (Å²) >= 11 is 0. The first kappa shape index (κ1) is 15.1. The Kier molecular flexibility index (Phi) is 4.00. The van der Waals surface area contributed by atoms with Crippen LogP contribution in [0.15, 0.2) is 35.4 Å². The van der Waals surface area contributed by atoms with Crippen molar-refractivity contribution in [3.05, 3.63) is 52.1 Å². The van der Waals surface area contributed by atoms with E-state index in [4.69, 9.17) is 0 Å². The van der Waals surface area contributed by atoms with E-state index in [-0.39, 0.29) is 11.4 Å². The quantitative estimate of drug-likeness (QED) is 0.653. The number of hydrogen-bond acceptors (Lipinski definition) is 5. The minimum Gasteiger partial charge on any atom is -0.271 e. The molecule has 0 unspecified atom stereocenters. The number of nitro benzene ring substituents is 1. The summed E-state index contributed by atoms with van der Waals surface area (Å²) in [6, 6.07) is 4.03. The minimum atomic E-state index is -3.97. The van der Waals surface area contributed by atoms with E-state index in [2.05, 4.69) is 9.82 Å². The van der Waals surface area contributed by atoms with Gasteiger partial charge in [-0.1, -0.05) is 0 Å². The zero-order valence-electron chi connectivity index (χ0n) is 10.9. The van der Waals surface area contributed by atoms with Crippen LogP contribution in [-0.4, -0.2) is 23.1 Å². The number of nitrogens with one attached hydrogen (secondary N) is 1. The van der Waals surface area contributed by atoms with Gasteiger partial charge in [0.1, 0.15) is 0 Å². The Morgan fingerprint density at radius 3 is 2.67 bits per heavy atom. The molecule has 1 heterocycles. The molecule has 0 saturated carbocycles. The molecule has 2 aromatic rings. The van der Waals surface area contributed by atoms with E-state index in [9.17, 15) is 22.9 Å². The van der Waals surface area contributed by atoms with E-state index in [1.807, 2.05) is 0 Å². The Labute approximate surface area is 119 Å². The van der Waals surface area contributed by atoms with Gasteiger partial charge in [-0.2, -0.15) is 9.49 Å². The van der Waals surface area contributed by atoms with Crippen LogP contribution in [0.2, 0.25) is 0 Å². The van der Waals surface area contributed by atoms with Crippen LogP contribution in [0.25, 0.3) is 0 Å². The van der Waals surface area contributed by atoms with E-state index in [0.717, 1.165) is 12.1 Å². The van der Waals surface area contributed by atoms with Crippen molar-refractivity contribution in [3.63, 3.8) is 0 Å². The monoisotopic (exact) mass is 314 g/mol. The molecule has 21 heavy (non-hydrogen) atoms. The lowest BCUT2D eigenvalue weighted by Gasteiger charge is -2.07. The lowest BCUT2D eigenvalue weighted by Crippen LogP contribution is -2.24. The molecule has 112 valence electrons.